The number of carbonyl (C=O) groups is 1. The monoisotopic (exact) mass is 397 g/mol. The van der Waals surface area contributed by atoms with E-state index in [1.54, 1.807) is 26.5 Å². The second-order valence-electron chi connectivity index (χ2n) is 7.46. The van der Waals surface area contributed by atoms with Crippen LogP contribution < -0.4 is 20.1 Å². The highest BCUT2D eigenvalue weighted by Gasteiger charge is 2.16. The molecule has 6 heteroatoms. The molecule has 1 aromatic carbocycles. The van der Waals surface area contributed by atoms with Gasteiger partial charge in [0.25, 0.3) is 5.91 Å². The minimum Gasteiger partial charge on any atom is -0.493 e. The molecule has 0 aliphatic heterocycles. The predicted molar refractivity (Wildman–Crippen MR) is 115 cm³/mol. The first-order valence-corrected chi connectivity index (χ1v) is 10.4. The number of amides is 1. The molecule has 1 aliphatic rings. The summed E-state index contributed by atoms with van der Waals surface area (Å²) in [7, 11) is 3.27. The molecule has 1 saturated carbocycles. The molecule has 1 aromatic heterocycles. The first-order valence-electron chi connectivity index (χ1n) is 10.4. The third-order valence-electron chi connectivity index (χ3n) is 5.38. The van der Waals surface area contributed by atoms with Gasteiger partial charge < -0.3 is 20.1 Å². The lowest BCUT2D eigenvalue weighted by Gasteiger charge is -2.16. The number of ether oxygens (including phenoxy) is 2. The van der Waals surface area contributed by atoms with Gasteiger partial charge in [0.05, 0.1) is 26.1 Å². The predicted octanol–water partition coefficient (Wildman–Crippen LogP) is 4.21. The van der Waals surface area contributed by atoms with Crippen LogP contribution in [0.25, 0.3) is 0 Å². The van der Waals surface area contributed by atoms with E-state index in [4.69, 9.17) is 9.47 Å². The standard InChI is InChI=1S/C23H31N3O3/c1-28-21-12-9-17(15-22(21)29-2)13-14-24-19-10-11-20(25-16-19)23(27)26-18-7-5-3-4-6-8-18/h9-12,15-16,18,24H,3-8,13-14H2,1-2H3,(H,26,27). The topological polar surface area (TPSA) is 72.5 Å². The molecule has 0 atom stereocenters. The zero-order valence-corrected chi connectivity index (χ0v) is 17.4. The average molecular weight is 398 g/mol. The van der Waals surface area contributed by atoms with E-state index in [-0.39, 0.29) is 11.9 Å². The molecule has 0 unspecified atom stereocenters. The van der Waals surface area contributed by atoms with Gasteiger partial charge >= 0.3 is 0 Å². The van der Waals surface area contributed by atoms with Crippen LogP contribution >= 0.6 is 0 Å². The number of pyridine rings is 1. The number of hydrogen-bond donors (Lipinski definition) is 2. The highest BCUT2D eigenvalue weighted by atomic mass is 16.5. The fourth-order valence-electron chi connectivity index (χ4n) is 3.70. The molecule has 156 valence electrons. The maximum absolute atomic E-state index is 12.4. The zero-order valence-electron chi connectivity index (χ0n) is 17.4. The Morgan fingerprint density at radius 1 is 1.03 bits per heavy atom. The summed E-state index contributed by atoms with van der Waals surface area (Å²) in [6.07, 6.45) is 9.63. The second-order valence-corrected chi connectivity index (χ2v) is 7.46. The summed E-state index contributed by atoms with van der Waals surface area (Å²) in [6, 6.07) is 9.90. The number of nitrogens with zero attached hydrogens (tertiary/aromatic N) is 1. The normalized spacial score (nSPS) is 14.7. The lowest BCUT2D eigenvalue weighted by Crippen LogP contribution is -2.34. The Hall–Kier alpha value is -2.76. The highest BCUT2D eigenvalue weighted by Crippen LogP contribution is 2.27. The molecular formula is C23H31N3O3. The van der Waals surface area contributed by atoms with Crippen LogP contribution in [0, 0.1) is 0 Å². The van der Waals surface area contributed by atoms with Gasteiger partial charge in [0.1, 0.15) is 5.69 Å². The summed E-state index contributed by atoms with van der Waals surface area (Å²) in [4.78, 5) is 16.8. The Morgan fingerprint density at radius 3 is 2.45 bits per heavy atom. The fraction of sp³-hybridized carbons (Fsp3) is 0.478. The number of anilines is 1. The summed E-state index contributed by atoms with van der Waals surface area (Å²) in [5, 5.41) is 6.48. The fourth-order valence-corrected chi connectivity index (χ4v) is 3.70. The van der Waals surface area contributed by atoms with Crippen LogP contribution in [0.1, 0.15) is 54.6 Å². The summed E-state index contributed by atoms with van der Waals surface area (Å²) >= 11 is 0. The number of hydrogen-bond acceptors (Lipinski definition) is 5. The molecule has 3 rings (SSSR count). The molecule has 2 N–H and O–H groups in total. The molecule has 0 spiro atoms. The van der Waals surface area contributed by atoms with Gasteiger partial charge in [-0.1, -0.05) is 31.7 Å². The number of carbonyl (C=O) groups excluding carboxylic acids is 1. The smallest absolute Gasteiger partial charge is 0.270 e. The van der Waals surface area contributed by atoms with Crippen LogP contribution in [-0.2, 0) is 6.42 Å². The Morgan fingerprint density at radius 2 is 1.79 bits per heavy atom. The first-order chi connectivity index (χ1) is 14.2. The molecule has 0 radical (unpaired) electrons. The van der Waals surface area contributed by atoms with Crippen molar-refractivity contribution < 1.29 is 14.3 Å². The van der Waals surface area contributed by atoms with E-state index in [1.807, 2.05) is 24.3 Å². The van der Waals surface area contributed by atoms with E-state index in [0.717, 1.165) is 48.6 Å². The van der Waals surface area contributed by atoms with Crippen molar-refractivity contribution in [1.82, 2.24) is 10.3 Å². The lowest BCUT2D eigenvalue weighted by molar-refractivity contribution is 0.0928. The summed E-state index contributed by atoms with van der Waals surface area (Å²) in [5.74, 6) is 1.38. The molecule has 1 aliphatic carbocycles. The Bertz CT molecular complexity index is 784. The Balaban J connectivity index is 1.48. The second kappa shape index (κ2) is 10.7. The van der Waals surface area contributed by atoms with Crippen LogP contribution in [0.3, 0.4) is 0 Å². The van der Waals surface area contributed by atoms with Gasteiger partial charge in [-0.3, -0.25) is 4.79 Å². The molecule has 0 bridgehead atoms. The van der Waals surface area contributed by atoms with Crippen LogP contribution in [0.2, 0.25) is 0 Å². The van der Waals surface area contributed by atoms with E-state index in [1.165, 1.54) is 25.7 Å². The molecule has 6 nitrogen and oxygen atoms in total. The van der Waals surface area contributed by atoms with Gasteiger partial charge in [-0.2, -0.15) is 0 Å². The quantitative estimate of drug-likeness (QED) is 0.653. The maximum atomic E-state index is 12.4. The van der Waals surface area contributed by atoms with Crippen molar-refractivity contribution in [3.8, 4) is 11.5 Å². The molecule has 1 fully saturated rings. The van der Waals surface area contributed by atoms with Gasteiger partial charge in [0.2, 0.25) is 0 Å². The molecule has 0 saturated heterocycles. The van der Waals surface area contributed by atoms with Gasteiger partial charge in [-0.25, -0.2) is 4.98 Å². The minimum atomic E-state index is -0.0752. The SMILES string of the molecule is COc1ccc(CCNc2ccc(C(=O)NC3CCCCCC3)nc2)cc1OC. The lowest BCUT2D eigenvalue weighted by atomic mass is 10.1. The van der Waals surface area contributed by atoms with Crippen LogP contribution in [0.5, 0.6) is 11.5 Å². The third kappa shape index (κ3) is 6.11. The third-order valence-corrected chi connectivity index (χ3v) is 5.38. The summed E-state index contributed by atoms with van der Waals surface area (Å²) < 4.78 is 10.6. The van der Waals surface area contributed by atoms with Gasteiger partial charge in [-0.15, -0.1) is 0 Å². The number of benzene rings is 1. The van der Waals surface area contributed by atoms with E-state index in [9.17, 15) is 4.79 Å². The van der Waals surface area contributed by atoms with Crippen molar-refractivity contribution in [2.75, 3.05) is 26.1 Å². The van der Waals surface area contributed by atoms with Crippen molar-refractivity contribution in [3.05, 3.63) is 47.8 Å². The van der Waals surface area contributed by atoms with Crippen LogP contribution in [0.15, 0.2) is 36.5 Å². The van der Waals surface area contributed by atoms with E-state index in [2.05, 4.69) is 15.6 Å². The average Bonchev–Trinajstić information content (AvgIpc) is 3.02. The Labute approximate surface area is 173 Å². The number of aromatic nitrogens is 1. The van der Waals surface area contributed by atoms with Crippen molar-refractivity contribution in [2.45, 2.75) is 51.0 Å². The summed E-state index contributed by atoms with van der Waals surface area (Å²) in [5.41, 5.74) is 2.53. The molecule has 29 heavy (non-hydrogen) atoms. The molecular weight excluding hydrogens is 366 g/mol. The molecule has 1 heterocycles. The van der Waals surface area contributed by atoms with Crippen molar-refractivity contribution >= 4 is 11.6 Å². The largest absolute Gasteiger partial charge is 0.493 e. The number of nitrogens with one attached hydrogen (secondary N) is 2. The Kier molecular flexibility index (Phi) is 7.73. The van der Waals surface area contributed by atoms with Crippen molar-refractivity contribution in [3.63, 3.8) is 0 Å². The zero-order chi connectivity index (χ0) is 20.5. The number of methoxy groups -OCH3 is 2. The van der Waals surface area contributed by atoms with Crippen molar-refractivity contribution in [1.29, 1.82) is 0 Å². The van der Waals surface area contributed by atoms with Crippen LogP contribution in [0.4, 0.5) is 5.69 Å². The molecule has 1 amide bonds. The number of rotatable bonds is 8. The van der Waals surface area contributed by atoms with Gasteiger partial charge in [0.15, 0.2) is 11.5 Å². The van der Waals surface area contributed by atoms with Crippen molar-refractivity contribution in [2.24, 2.45) is 0 Å². The maximum Gasteiger partial charge on any atom is 0.270 e. The van der Waals surface area contributed by atoms with E-state index >= 15 is 0 Å². The van der Waals surface area contributed by atoms with Gasteiger partial charge in [-0.05, 0) is 49.1 Å². The van der Waals surface area contributed by atoms with E-state index < -0.39 is 0 Å². The molecule has 2 aromatic rings. The first kappa shape index (κ1) is 21.0. The minimum absolute atomic E-state index is 0.0752. The summed E-state index contributed by atoms with van der Waals surface area (Å²) in [6.45, 7) is 0.755. The van der Waals surface area contributed by atoms with Crippen LogP contribution in [-0.4, -0.2) is 37.7 Å². The van der Waals surface area contributed by atoms with Gasteiger partial charge in [0, 0.05) is 12.6 Å². The van der Waals surface area contributed by atoms with E-state index in [0.29, 0.717) is 5.69 Å². The highest BCUT2D eigenvalue weighted by molar-refractivity contribution is 5.92.